The summed E-state index contributed by atoms with van der Waals surface area (Å²) in [4.78, 5) is 101. The lowest BCUT2D eigenvalue weighted by Gasteiger charge is -2.10. The van der Waals surface area contributed by atoms with Crippen LogP contribution in [0.3, 0.4) is 0 Å². The van der Waals surface area contributed by atoms with Gasteiger partial charge in [0.15, 0.2) is 22.9 Å². The summed E-state index contributed by atoms with van der Waals surface area (Å²) in [6, 6.07) is 0. The molecule has 0 amide bonds. The minimum absolute atomic E-state index is 0.0196. The SMILES string of the molecule is CCCCCCCCCCCCCCCCCC(=O)n1c2ncnc3c(ncn3C(=O)C(C)CCCCCCCCCCC)c-2nc1=O.CCCCCCCCCCCCCCCCCCn1c2ncnc3c(ncn3C(=O)C(C)CCCCCCCCCCC)c-2nc1=O. The highest BCUT2D eigenvalue weighted by atomic mass is 16.2. The van der Waals surface area contributed by atoms with Crippen LogP contribution in [0.5, 0.6) is 0 Å². The zero-order valence-electron chi connectivity index (χ0n) is 60.8. The molecule has 0 saturated carbocycles. The molecule has 0 aliphatic carbocycles. The molecule has 95 heavy (non-hydrogen) atoms. The molecule has 0 bridgehead atoms. The summed E-state index contributed by atoms with van der Waals surface area (Å²) in [5, 5.41) is 0. The molecule has 0 N–H and O–H groups in total. The molecule has 0 fully saturated rings. The quantitative estimate of drug-likeness (QED) is 0.0326. The number of hydrogen-bond donors (Lipinski definition) is 0. The van der Waals surface area contributed by atoms with E-state index in [1.807, 2.05) is 13.8 Å². The standard InChI is InChI=1S/C39H64N6O3.C39H66N6O2/c1-4-6-8-10-12-14-15-16-17-18-19-21-23-25-27-29-33(46)45-37-35(43-39(45)48)34-36(40-30-41-37)44(31-42-34)38(47)32(3)28-26-24-22-20-13-11-9-7-5-2;1-4-6-8-10-12-14-15-16-17-18-19-20-22-24-26-28-30-44-37-35(43-39(44)47)34-36(40-31-41-37)45(32-42-34)38(46)33(3)29-27-25-23-21-13-11-9-7-5-2/h30-32H,4-29H2,1-3H3;31-33H,4-30H2,1-3H3. The van der Waals surface area contributed by atoms with Crippen molar-refractivity contribution < 1.29 is 14.4 Å². The summed E-state index contributed by atoms with van der Waals surface area (Å²) < 4.78 is 5.66. The first-order valence-corrected chi connectivity index (χ1v) is 39.4. The highest BCUT2D eigenvalue weighted by Crippen LogP contribution is 2.28. The van der Waals surface area contributed by atoms with Gasteiger partial charge in [0.1, 0.15) is 47.7 Å². The van der Waals surface area contributed by atoms with E-state index in [0.717, 1.165) is 75.2 Å². The number of hydrogen-bond acceptors (Lipinski definition) is 13. The maximum atomic E-state index is 13.3. The van der Waals surface area contributed by atoms with Crippen molar-refractivity contribution in [3.05, 3.63) is 46.3 Å². The molecular formula is C78H130N12O5. The summed E-state index contributed by atoms with van der Waals surface area (Å²) >= 11 is 0. The van der Waals surface area contributed by atoms with E-state index < -0.39 is 5.69 Å². The number of unbranched alkanes of at least 4 members (excludes halogenated alkanes) is 45. The average Bonchev–Trinajstić information content (AvgIpc) is 1.62. The topological polar surface area (TPSA) is 208 Å². The van der Waals surface area contributed by atoms with Gasteiger partial charge in [-0.15, -0.1) is 0 Å². The second-order valence-electron chi connectivity index (χ2n) is 28.1. The van der Waals surface area contributed by atoms with Crippen molar-refractivity contribution in [2.24, 2.45) is 11.8 Å². The first-order valence-electron chi connectivity index (χ1n) is 39.4. The number of carbonyl (C=O) groups excluding carboxylic acids is 3. The van der Waals surface area contributed by atoms with Crippen molar-refractivity contribution >= 4 is 40.0 Å². The lowest BCUT2D eigenvalue weighted by Crippen LogP contribution is -2.24. The molecule has 4 aliphatic heterocycles. The van der Waals surface area contributed by atoms with E-state index in [2.05, 4.69) is 67.6 Å². The third-order valence-corrected chi connectivity index (χ3v) is 19.7. The smallest absolute Gasteiger partial charge is 0.275 e. The second kappa shape index (κ2) is 49.8. The highest BCUT2D eigenvalue weighted by Gasteiger charge is 2.28. The van der Waals surface area contributed by atoms with Crippen LogP contribution in [-0.2, 0) is 6.54 Å². The van der Waals surface area contributed by atoms with Crippen LogP contribution in [0.15, 0.2) is 34.9 Å². The minimum Gasteiger partial charge on any atom is -0.275 e. The molecule has 0 aromatic carbocycles. The number of rotatable bonds is 55. The van der Waals surface area contributed by atoms with Gasteiger partial charge < -0.3 is 0 Å². The minimum atomic E-state index is -0.657. The van der Waals surface area contributed by atoms with Crippen LogP contribution in [0.1, 0.15) is 390 Å². The van der Waals surface area contributed by atoms with E-state index in [9.17, 15) is 24.0 Å². The lowest BCUT2D eigenvalue weighted by atomic mass is 10.0. The van der Waals surface area contributed by atoms with Crippen LogP contribution in [0.4, 0.5) is 0 Å². The number of fused-ring (bicyclic) bond motifs is 6. The van der Waals surface area contributed by atoms with Crippen molar-refractivity contribution in [2.45, 2.75) is 382 Å². The number of carbonyl (C=O) groups is 3. The van der Waals surface area contributed by atoms with E-state index in [-0.39, 0.29) is 53.2 Å². The molecule has 6 heterocycles. The molecule has 532 valence electrons. The van der Waals surface area contributed by atoms with Gasteiger partial charge in [-0.1, -0.05) is 343 Å². The van der Waals surface area contributed by atoms with Crippen molar-refractivity contribution in [3.8, 4) is 23.0 Å². The Morgan fingerprint density at radius 1 is 0.347 bits per heavy atom. The van der Waals surface area contributed by atoms with Gasteiger partial charge in [0.05, 0.1) is 0 Å². The molecule has 17 heteroatoms. The fourth-order valence-electron chi connectivity index (χ4n) is 13.5. The van der Waals surface area contributed by atoms with Gasteiger partial charge in [0.25, 0.3) is 0 Å². The van der Waals surface area contributed by atoms with E-state index >= 15 is 0 Å². The van der Waals surface area contributed by atoms with Gasteiger partial charge in [-0.3, -0.25) is 28.1 Å². The lowest BCUT2D eigenvalue weighted by molar-refractivity contribution is 0.0833. The van der Waals surface area contributed by atoms with Crippen LogP contribution < -0.4 is 11.4 Å². The summed E-state index contributed by atoms with van der Waals surface area (Å²) in [6.07, 6.45) is 70.0. The van der Waals surface area contributed by atoms with Crippen LogP contribution in [0.25, 0.3) is 45.4 Å². The van der Waals surface area contributed by atoms with E-state index in [1.165, 1.54) is 291 Å². The number of imidazole rings is 4. The van der Waals surface area contributed by atoms with E-state index in [0.29, 0.717) is 40.4 Å². The second-order valence-corrected chi connectivity index (χ2v) is 28.1. The summed E-state index contributed by atoms with van der Waals surface area (Å²) in [5.74, 6) is -0.0900. The molecule has 0 radical (unpaired) electrons. The molecule has 2 unspecified atom stereocenters. The Hall–Kier alpha value is -5.61. The highest BCUT2D eigenvalue weighted by molar-refractivity contribution is 5.96. The van der Waals surface area contributed by atoms with Gasteiger partial charge in [-0.2, -0.15) is 9.97 Å². The Labute approximate surface area is 573 Å². The molecule has 17 nitrogen and oxygen atoms in total. The fraction of sp³-hybridized carbons (Fsp3) is 0.782. The molecule has 2 aromatic heterocycles. The van der Waals surface area contributed by atoms with Gasteiger partial charge in [0, 0.05) is 24.8 Å². The van der Waals surface area contributed by atoms with Crippen molar-refractivity contribution in [1.29, 1.82) is 0 Å². The van der Waals surface area contributed by atoms with E-state index in [1.54, 1.807) is 4.57 Å². The Morgan fingerprint density at radius 3 is 1.00 bits per heavy atom. The van der Waals surface area contributed by atoms with Crippen molar-refractivity contribution in [3.63, 3.8) is 0 Å². The van der Waals surface area contributed by atoms with Gasteiger partial charge in [0.2, 0.25) is 17.7 Å². The maximum absolute atomic E-state index is 13.3. The Bertz CT molecular complexity index is 3050. The molecule has 0 spiro atoms. The molecule has 0 saturated heterocycles. The predicted molar refractivity (Wildman–Crippen MR) is 391 cm³/mol. The largest absolute Gasteiger partial charge is 0.356 e. The number of aromatic nitrogens is 12. The van der Waals surface area contributed by atoms with Crippen LogP contribution in [0.2, 0.25) is 0 Å². The third-order valence-electron chi connectivity index (χ3n) is 19.7. The molecule has 6 rings (SSSR count). The van der Waals surface area contributed by atoms with Crippen LogP contribution in [0, 0.1) is 11.8 Å². The van der Waals surface area contributed by atoms with Crippen molar-refractivity contribution in [2.75, 3.05) is 0 Å². The first-order chi connectivity index (χ1) is 46.6. The molecule has 2 aromatic rings. The summed E-state index contributed by atoms with van der Waals surface area (Å²) in [7, 11) is 0. The monoisotopic (exact) mass is 1320 g/mol. The van der Waals surface area contributed by atoms with Gasteiger partial charge in [-0.05, 0) is 25.7 Å². The zero-order chi connectivity index (χ0) is 67.9. The van der Waals surface area contributed by atoms with E-state index in [4.69, 9.17) is 0 Å². The van der Waals surface area contributed by atoms with Crippen molar-refractivity contribution in [1.82, 2.24) is 58.1 Å². The number of nitrogens with zero attached hydrogens (tertiary/aromatic N) is 12. The maximum Gasteiger partial charge on any atom is 0.356 e. The van der Waals surface area contributed by atoms with Crippen LogP contribution in [-0.4, -0.2) is 75.9 Å². The zero-order valence-corrected chi connectivity index (χ0v) is 60.8. The van der Waals surface area contributed by atoms with Crippen LogP contribution >= 0.6 is 0 Å². The Balaban J connectivity index is 0.000000344. The summed E-state index contributed by atoms with van der Waals surface area (Å²) in [6.45, 7) is 13.5. The Kier molecular flexibility index (Phi) is 42.0. The third kappa shape index (κ3) is 29.6. The molecule has 4 aliphatic rings. The predicted octanol–water partition coefficient (Wildman–Crippen LogP) is 21.5. The molecule has 2 atom stereocenters. The van der Waals surface area contributed by atoms with Gasteiger partial charge in [-0.25, -0.2) is 44.1 Å². The van der Waals surface area contributed by atoms with Gasteiger partial charge >= 0.3 is 11.4 Å². The molecular weight excluding hydrogens is 1180 g/mol. The fourth-order valence-corrected chi connectivity index (χ4v) is 13.5. The summed E-state index contributed by atoms with van der Waals surface area (Å²) in [5.41, 5.74) is 1.17. The average molecular weight is 1320 g/mol. The normalized spacial score (nSPS) is 12.4. The first kappa shape index (κ1) is 80.1. The Morgan fingerprint density at radius 2 is 0.642 bits per heavy atom.